The lowest BCUT2D eigenvalue weighted by molar-refractivity contribution is 0.0139. The van der Waals surface area contributed by atoms with E-state index in [0.29, 0.717) is 47.9 Å². The fourth-order valence-corrected chi connectivity index (χ4v) is 11.3. The summed E-state index contributed by atoms with van der Waals surface area (Å²) in [6, 6.07) is 28.6. The smallest absolute Gasteiger partial charge is 0.410 e. The maximum absolute atomic E-state index is 13.2. The van der Waals surface area contributed by atoms with Gasteiger partial charge in [0.1, 0.15) is 5.60 Å². The van der Waals surface area contributed by atoms with Gasteiger partial charge in [-0.15, -0.1) is 0 Å². The van der Waals surface area contributed by atoms with E-state index in [2.05, 4.69) is 71.3 Å². The summed E-state index contributed by atoms with van der Waals surface area (Å²) in [6.45, 7) is 18.8. The van der Waals surface area contributed by atoms with Gasteiger partial charge in [-0.2, -0.15) is 0 Å². The molecule has 0 bridgehead atoms. The van der Waals surface area contributed by atoms with Gasteiger partial charge in [0.25, 0.3) is 11.8 Å². The maximum atomic E-state index is 13.2. The van der Waals surface area contributed by atoms with Crippen LogP contribution in [-0.2, 0) is 17.8 Å². The number of nitrogens with zero attached hydrogens (tertiary/aromatic N) is 7. The molecule has 5 N–H and O–H groups in total. The van der Waals surface area contributed by atoms with E-state index < -0.39 is 5.60 Å². The third-order valence-electron chi connectivity index (χ3n) is 15.4. The van der Waals surface area contributed by atoms with E-state index in [1.807, 2.05) is 83.1 Å². The number of aryl methyl sites for hydroxylation is 2. The van der Waals surface area contributed by atoms with Crippen LogP contribution in [0.5, 0.6) is 0 Å². The molecule has 0 unspecified atom stereocenters. The van der Waals surface area contributed by atoms with Crippen molar-refractivity contribution in [3.63, 3.8) is 0 Å². The van der Waals surface area contributed by atoms with Crippen molar-refractivity contribution in [2.45, 2.75) is 117 Å². The third kappa shape index (κ3) is 13.6. The molecule has 2 aliphatic heterocycles. The molecule has 6 aromatic rings. The zero-order chi connectivity index (χ0) is 52.6. The topological polar surface area (TPSA) is 182 Å². The van der Waals surface area contributed by atoms with E-state index in [1.54, 1.807) is 4.90 Å². The Morgan fingerprint density at radius 3 is 1.45 bits per heavy atom. The van der Waals surface area contributed by atoms with E-state index in [0.717, 1.165) is 142 Å². The van der Waals surface area contributed by atoms with Gasteiger partial charge in [0, 0.05) is 102 Å². The fourth-order valence-electron chi connectivity index (χ4n) is 11.3. The van der Waals surface area contributed by atoms with E-state index in [-0.39, 0.29) is 43.2 Å². The average molecular weight is 1020 g/mol. The van der Waals surface area contributed by atoms with E-state index in [1.165, 1.54) is 5.56 Å². The van der Waals surface area contributed by atoms with Gasteiger partial charge in [-0.05, 0) is 157 Å². The van der Waals surface area contributed by atoms with Crippen molar-refractivity contribution in [3.8, 4) is 0 Å². The third-order valence-corrected chi connectivity index (χ3v) is 15.4. The minimum absolute atomic E-state index is 0.134. The number of amides is 3. The van der Waals surface area contributed by atoms with E-state index in [4.69, 9.17) is 14.7 Å². The lowest BCUT2D eigenvalue weighted by Crippen LogP contribution is -2.49. The monoisotopic (exact) mass is 1020 g/mol. The van der Waals surface area contributed by atoms with Gasteiger partial charge in [-0.3, -0.25) is 30.0 Å². The molecule has 4 heterocycles. The van der Waals surface area contributed by atoms with Crippen LogP contribution in [0.1, 0.15) is 127 Å². The molecule has 4 aliphatic rings. The molecule has 2 aliphatic carbocycles. The average Bonchev–Trinajstić information content (AvgIpc) is 3.96. The van der Waals surface area contributed by atoms with Crippen molar-refractivity contribution in [1.29, 1.82) is 0 Å². The Morgan fingerprint density at radius 2 is 1.04 bits per heavy atom. The van der Waals surface area contributed by atoms with Crippen LogP contribution >= 0.6 is 0 Å². The van der Waals surface area contributed by atoms with Crippen LogP contribution in [-0.4, -0.2) is 133 Å². The van der Waals surface area contributed by atoms with Crippen molar-refractivity contribution in [2.24, 2.45) is 11.8 Å². The first-order valence-electron chi connectivity index (χ1n) is 27.3. The highest BCUT2D eigenvalue weighted by Gasteiger charge is 2.30. The Kier molecular flexibility index (Phi) is 17.3. The zero-order valence-electron chi connectivity index (χ0n) is 44.7. The van der Waals surface area contributed by atoms with Crippen molar-refractivity contribution in [1.82, 2.24) is 39.1 Å². The normalized spacial score (nSPS) is 20.9. The molecule has 4 fully saturated rings. The van der Waals surface area contributed by atoms with Gasteiger partial charge >= 0.3 is 6.09 Å². The Bertz CT molecular complexity index is 2910. The molecule has 3 amide bonds. The predicted molar refractivity (Wildman–Crippen MR) is 295 cm³/mol. The van der Waals surface area contributed by atoms with Crippen LogP contribution in [0.15, 0.2) is 84.9 Å². The van der Waals surface area contributed by atoms with Crippen LogP contribution < -0.4 is 16.0 Å². The number of aliphatic hydroxyl groups excluding tert-OH is 2. The molecule has 10 rings (SSSR count). The Labute approximate surface area is 441 Å². The highest BCUT2D eigenvalue weighted by Crippen LogP contribution is 2.39. The van der Waals surface area contributed by atoms with Crippen molar-refractivity contribution in [3.05, 3.63) is 118 Å². The standard InChI is InChI=1S/C32H43N5O4.C27H35N5O2/c1-22-6-5-7-25(18-22)29(39)34-30-33-27-19-24(10-13-28(27)37(30)26-11-8-23(21-38)9-12-26)20-35-14-16-36(17-15-35)31(40)41-32(2,3)4;1-19-3-2-4-22(15-19)26(34)30-27-29-24-16-21(17-31-13-11-28-12-14-31)7-10-25(24)32(27)23-8-5-20(18-33)6-9-23/h5-7,10,13,18-19,23,26,38H,8-9,11-12,14-17,20-21H2,1-4H3,(H,33,34,39);2-4,7,10,15-16,20,23,28,33H,5-6,8-9,11-14,17-18H2,1H3,(H,29,30,34). The predicted octanol–water partition coefficient (Wildman–Crippen LogP) is 9.10. The summed E-state index contributed by atoms with van der Waals surface area (Å²) in [5, 5.41) is 28.9. The van der Waals surface area contributed by atoms with Crippen molar-refractivity contribution >= 4 is 51.9 Å². The number of fused-ring (bicyclic) bond motifs is 2. The summed E-state index contributed by atoms with van der Waals surface area (Å²) >= 11 is 0. The number of hydrogen-bond acceptors (Lipinski definition) is 11. The largest absolute Gasteiger partial charge is 0.444 e. The maximum Gasteiger partial charge on any atom is 0.410 e. The molecule has 0 spiro atoms. The lowest BCUT2D eigenvalue weighted by Gasteiger charge is -2.35. The summed E-state index contributed by atoms with van der Waals surface area (Å²) in [7, 11) is 0. The Hall–Kier alpha value is -6.17. The summed E-state index contributed by atoms with van der Waals surface area (Å²) < 4.78 is 9.95. The minimum atomic E-state index is -0.496. The fraction of sp³-hybridized carbons (Fsp3) is 0.508. The number of aromatic nitrogens is 4. The van der Waals surface area contributed by atoms with E-state index >= 15 is 0 Å². The quantitative estimate of drug-likeness (QED) is 0.0789. The number of ether oxygens (including phenoxy) is 1. The number of carbonyl (C=O) groups excluding carboxylic acids is 3. The molecule has 4 aromatic carbocycles. The van der Waals surface area contributed by atoms with Gasteiger partial charge in [0.2, 0.25) is 11.9 Å². The minimum Gasteiger partial charge on any atom is -0.444 e. The second-order valence-corrected chi connectivity index (χ2v) is 22.4. The Morgan fingerprint density at radius 1 is 0.600 bits per heavy atom. The number of aliphatic hydroxyl groups is 2. The first kappa shape index (κ1) is 53.6. The molecule has 2 saturated heterocycles. The number of piperazine rings is 2. The summed E-state index contributed by atoms with van der Waals surface area (Å²) in [6.07, 6.45) is 7.48. The number of imidazole rings is 2. The van der Waals surface area contributed by atoms with E-state index in [9.17, 15) is 24.6 Å². The summed E-state index contributed by atoms with van der Waals surface area (Å²) in [4.78, 5) is 55.2. The molecule has 16 nitrogen and oxygen atoms in total. The van der Waals surface area contributed by atoms with Crippen LogP contribution in [0.4, 0.5) is 16.7 Å². The molecule has 75 heavy (non-hydrogen) atoms. The summed E-state index contributed by atoms with van der Waals surface area (Å²) in [5.41, 5.74) is 9.10. The summed E-state index contributed by atoms with van der Waals surface area (Å²) in [5.74, 6) is 1.61. The van der Waals surface area contributed by atoms with Gasteiger partial charge < -0.3 is 34.3 Å². The molecule has 0 atom stereocenters. The van der Waals surface area contributed by atoms with Gasteiger partial charge in [-0.25, -0.2) is 14.8 Å². The van der Waals surface area contributed by atoms with Gasteiger partial charge in [0.05, 0.1) is 22.1 Å². The van der Waals surface area contributed by atoms with Crippen LogP contribution in [0.2, 0.25) is 0 Å². The number of rotatable bonds is 12. The number of hydrogen-bond donors (Lipinski definition) is 5. The molecule has 400 valence electrons. The number of benzene rings is 4. The highest BCUT2D eigenvalue weighted by molar-refractivity contribution is 6.05. The number of nitrogens with one attached hydrogen (secondary N) is 3. The second kappa shape index (κ2) is 24.2. The molecule has 0 radical (unpaired) electrons. The second-order valence-electron chi connectivity index (χ2n) is 22.4. The van der Waals surface area contributed by atoms with Crippen LogP contribution in [0.25, 0.3) is 22.1 Å². The molecular formula is C59H78N10O6. The van der Waals surface area contributed by atoms with Gasteiger partial charge in [-0.1, -0.05) is 47.5 Å². The first-order chi connectivity index (χ1) is 36.2. The SMILES string of the molecule is Cc1cccc(C(=O)Nc2nc3cc(CN4CCN(C(=O)OC(C)(C)C)CC4)ccc3n2C2CCC(CO)CC2)c1.Cc1cccc(C(=O)Nc2nc3cc(CN4CCNCC4)ccc3n2C2CCC(CO)CC2)c1. The molecule has 16 heteroatoms. The van der Waals surface area contributed by atoms with Crippen molar-refractivity contribution < 1.29 is 29.3 Å². The highest BCUT2D eigenvalue weighted by atomic mass is 16.6. The molecule has 2 saturated carbocycles. The van der Waals surface area contributed by atoms with Crippen molar-refractivity contribution in [2.75, 3.05) is 76.2 Å². The molecular weight excluding hydrogens is 945 g/mol. The molecule has 2 aromatic heterocycles. The van der Waals surface area contributed by atoms with Gasteiger partial charge in [0.15, 0.2) is 0 Å². The van der Waals surface area contributed by atoms with Crippen LogP contribution in [0, 0.1) is 25.7 Å². The van der Waals surface area contributed by atoms with Crippen LogP contribution in [0.3, 0.4) is 0 Å². The number of carbonyl (C=O) groups is 3. The zero-order valence-corrected chi connectivity index (χ0v) is 44.7. The number of anilines is 2. The lowest BCUT2D eigenvalue weighted by atomic mass is 9.86. The first-order valence-corrected chi connectivity index (χ1v) is 27.3. The Balaban J connectivity index is 0.000000187.